The molecule has 1 N–H and O–H groups in total. The quantitative estimate of drug-likeness (QED) is 0.855. The predicted molar refractivity (Wildman–Crippen MR) is 85.3 cm³/mol. The minimum Gasteiger partial charge on any atom is -0.496 e. The van der Waals surface area contributed by atoms with Crippen LogP contribution < -0.4 is 10.1 Å². The second-order valence-corrected chi connectivity index (χ2v) is 6.20. The molecule has 2 nitrogen and oxygen atoms in total. The minimum absolute atomic E-state index is 0.481. The zero-order chi connectivity index (χ0) is 14.5. The molecule has 0 spiro atoms. The normalized spacial score (nSPS) is 24.4. The van der Waals surface area contributed by atoms with Crippen LogP contribution in [-0.2, 0) is 0 Å². The molecule has 1 saturated carbocycles. The molecule has 20 heavy (non-hydrogen) atoms. The van der Waals surface area contributed by atoms with Gasteiger partial charge in [0.2, 0.25) is 0 Å². The number of nitrogens with one attached hydrogen (secondary N) is 1. The fourth-order valence-electron chi connectivity index (χ4n) is 3.78. The average Bonchev–Trinajstić information content (AvgIpc) is 2.48. The minimum atomic E-state index is 0.481. The number of methoxy groups -OCH3 is 1. The number of hydrogen-bond donors (Lipinski definition) is 1. The molecular weight excluding hydrogens is 246 g/mol. The van der Waals surface area contributed by atoms with Gasteiger partial charge >= 0.3 is 0 Å². The molecule has 0 heterocycles. The number of ether oxygens (including phenoxy) is 1. The van der Waals surface area contributed by atoms with Gasteiger partial charge in [0.25, 0.3) is 0 Å². The lowest BCUT2D eigenvalue weighted by molar-refractivity contribution is 0.214. The van der Waals surface area contributed by atoms with Gasteiger partial charge in [-0.25, -0.2) is 0 Å². The van der Waals surface area contributed by atoms with Gasteiger partial charge in [0.1, 0.15) is 5.75 Å². The molecule has 112 valence electrons. The highest BCUT2D eigenvalue weighted by Gasteiger charge is 2.28. The Labute approximate surface area is 123 Å². The summed E-state index contributed by atoms with van der Waals surface area (Å²) in [5, 5.41) is 3.56. The summed E-state index contributed by atoms with van der Waals surface area (Å²) >= 11 is 0. The Hall–Kier alpha value is -1.02. The van der Waals surface area contributed by atoms with E-state index in [2.05, 4.69) is 44.4 Å². The van der Waals surface area contributed by atoms with Crippen LogP contribution >= 0.6 is 0 Å². The number of rotatable bonds is 5. The highest BCUT2D eigenvalue weighted by atomic mass is 16.5. The van der Waals surface area contributed by atoms with Gasteiger partial charge in [-0.1, -0.05) is 38.3 Å². The third-order valence-electron chi connectivity index (χ3n) is 4.96. The van der Waals surface area contributed by atoms with E-state index in [9.17, 15) is 0 Å². The van der Waals surface area contributed by atoms with Gasteiger partial charge in [0.15, 0.2) is 0 Å². The lowest BCUT2D eigenvalue weighted by atomic mass is 9.75. The molecule has 1 aromatic rings. The predicted octanol–water partition coefficient (Wildman–Crippen LogP) is 4.48. The Bertz CT molecular complexity index is 429. The molecule has 1 aliphatic carbocycles. The van der Waals surface area contributed by atoms with Gasteiger partial charge < -0.3 is 10.1 Å². The molecule has 1 fully saturated rings. The van der Waals surface area contributed by atoms with Gasteiger partial charge in [-0.3, -0.25) is 0 Å². The van der Waals surface area contributed by atoms with Crippen LogP contribution in [0, 0.1) is 18.8 Å². The van der Waals surface area contributed by atoms with Crippen LogP contribution in [0.5, 0.6) is 5.75 Å². The maximum absolute atomic E-state index is 5.37. The zero-order valence-electron chi connectivity index (χ0n) is 13.4. The molecule has 0 amide bonds. The molecule has 2 heteroatoms. The maximum Gasteiger partial charge on any atom is 0.121 e. The van der Waals surface area contributed by atoms with Crippen molar-refractivity contribution in [2.24, 2.45) is 11.8 Å². The summed E-state index contributed by atoms with van der Waals surface area (Å²) in [6, 6.07) is 7.10. The zero-order valence-corrected chi connectivity index (χ0v) is 13.4. The number of hydrogen-bond acceptors (Lipinski definition) is 2. The molecule has 0 bridgehead atoms. The standard InChI is InChI=1S/C18H29NO/c1-5-14-7-6-8-15(12-14)18(19-3)16-9-10-17(20-4)13(2)11-16/h9-11,14-15,18-19H,5-8,12H2,1-4H3. The van der Waals surface area contributed by atoms with Gasteiger partial charge in [-0.15, -0.1) is 0 Å². The Morgan fingerprint density at radius 2 is 2.15 bits per heavy atom. The van der Waals surface area contributed by atoms with Crippen molar-refractivity contribution in [1.82, 2.24) is 5.32 Å². The summed E-state index contributed by atoms with van der Waals surface area (Å²) < 4.78 is 5.37. The van der Waals surface area contributed by atoms with E-state index < -0.39 is 0 Å². The molecule has 3 unspecified atom stereocenters. The summed E-state index contributed by atoms with van der Waals surface area (Å²) in [6.45, 7) is 4.46. The van der Waals surface area contributed by atoms with Crippen molar-refractivity contribution < 1.29 is 4.74 Å². The van der Waals surface area contributed by atoms with Crippen molar-refractivity contribution in [3.63, 3.8) is 0 Å². The van der Waals surface area contributed by atoms with Crippen molar-refractivity contribution >= 4 is 0 Å². The molecular formula is C18H29NO. The first-order chi connectivity index (χ1) is 9.69. The van der Waals surface area contributed by atoms with Crippen molar-refractivity contribution in [3.8, 4) is 5.75 Å². The van der Waals surface area contributed by atoms with Crippen LogP contribution in [0.15, 0.2) is 18.2 Å². The third kappa shape index (κ3) is 3.35. The molecule has 2 rings (SSSR count). The first-order valence-corrected chi connectivity index (χ1v) is 8.01. The largest absolute Gasteiger partial charge is 0.496 e. The van der Waals surface area contributed by atoms with Crippen molar-refractivity contribution in [2.75, 3.05) is 14.2 Å². The van der Waals surface area contributed by atoms with Crippen LogP contribution in [0.2, 0.25) is 0 Å². The number of benzene rings is 1. The first-order valence-electron chi connectivity index (χ1n) is 8.01. The van der Waals surface area contributed by atoms with Crippen LogP contribution in [0.1, 0.15) is 56.2 Å². The Balaban J connectivity index is 2.16. The van der Waals surface area contributed by atoms with E-state index >= 15 is 0 Å². The van der Waals surface area contributed by atoms with Gasteiger partial charge in [-0.2, -0.15) is 0 Å². The molecule has 0 radical (unpaired) electrons. The first kappa shape index (κ1) is 15.4. The lowest BCUT2D eigenvalue weighted by Gasteiger charge is -2.34. The average molecular weight is 275 g/mol. The van der Waals surface area contributed by atoms with Crippen molar-refractivity contribution in [1.29, 1.82) is 0 Å². The fourth-order valence-corrected chi connectivity index (χ4v) is 3.78. The Kier molecular flexibility index (Phi) is 5.47. The molecule has 0 aromatic heterocycles. The smallest absolute Gasteiger partial charge is 0.121 e. The van der Waals surface area contributed by atoms with E-state index in [1.54, 1.807) is 7.11 Å². The van der Waals surface area contributed by atoms with Crippen LogP contribution in [-0.4, -0.2) is 14.2 Å². The fraction of sp³-hybridized carbons (Fsp3) is 0.667. The van der Waals surface area contributed by atoms with E-state index in [0.717, 1.165) is 17.6 Å². The molecule has 3 atom stereocenters. The van der Waals surface area contributed by atoms with Gasteiger partial charge in [0.05, 0.1) is 7.11 Å². The summed E-state index contributed by atoms with van der Waals surface area (Å²) in [5.74, 6) is 2.68. The van der Waals surface area contributed by atoms with Crippen molar-refractivity contribution in [2.45, 2.75) is 52.0 Å². The summed E-state index contributed by atoms with van der Waals surface area (Å²) in [7, 11) is 3.84. The Morgan fingerprint density at radius 3 is 2.75 bits per heavy atom. The van der Waals surface area contributed by atoms with Crippen LogP contribution in [0.4, 0.5) is 0 Å². The Morgan fingerprint density at radius 1 is 1.35 bits per heavy atom. The third-order valence-corrected chi connectivity index (χ3v) is 4.96. The highest BCUT2D eigenvalue weighted by Crippen LogP contribution is 2.39. The van der Waals surface area contributed by atoms with E-state index in [0.29, 0.717) is 6.04 Å². The second kappa shape index (κ2) is 7.12. The van der Waals surface area contributed by atoms with E-state index in [-0.39, 0.29) is 0 Å². The number of aryl methyl sites for hydroxylation is 1. The molecule has 1 aromatic carbocycles. The summed E-state index contributed by atoms with van der Waals surface area (Å²) in [4.78, 5) is 0. The maximum atomic E-state index is 5.37. The van der Waals surface area contributed by atoms with Crippen LogP contribution in [0.3, 0.4) is 0 Å². The van der Waals surface area contributed by atoms with Crippen LogP contribution in [0.25, 0.3) is 0 Å². The van der Waals surface area contributed by atoms with Crippen molar-refractivity contribution in [3.05, 3.63) is 29.3 Å². The molecule has 1 aliphatic rings. The topological polar surface area (TPSA) is 21.3 Å². The van der Waals surface area contributed by atoms with E-state index in [4.69, 9.17) is 4.74 Å². The highest BCUT2D eigenvalue weighted by molar-refractivity contribution is 5.37. The van der Waals surface area contributed by atoms with E-state index in [1.807, 2.05) is 0 Å². The van der Waals surface area contributed by atoms with E-state index in [1.165, 1.54) is 43.2 Å². The molecule has 0 aliphatic heterocycles. The summed E-state index contributed by atoms with van der Waals surface area (Å²) in [5.41, 5.74) is 2.64. The lowest BCUT2D eigenvalue weighted by Crippen LogP contribution is -2.29. The van der Waals surface area contributed by atoms with Gasteiger partial charge in [-0.05, 0) is 55.8 Å². The SMILES string of the molecule is CCC1CCCC(C(NC)c2ccc(OC)c(C)c2)C1. The summed E-state index contributed by atoms with van der Waals surface area (Å²) in [6.07, 6.45) is 6.86. The molecule has 0 saturated heterocycles. The monoisotopic (exact) mass is 275 g/mol. The second-order valence-electron chi connectivity index (χ2n) is 6.20. The van der Waals surface area contributed by atoms with Gasteiger partial charge in [0, 0.05) is 6.04 Å².